The highest BCUT2D eigenvalue weighted by atomic mass is 32.2. The highest BCUT2D eigenvalue weighted by Crippen LogP contribution is 2.18. The maximum atomic E-state index is 12.1. The quantitative estimate of drug-likeness (QED) is 0.807. The summed E-state index contributed by atoms with van der Waals surface area (Å²) >= 11 is 1.54. The number of aryl methyl sites for hydroxylation is 2. The van der Waals surface area contributed by atoms with Crippen LogP contribution in [0.4, 0.5) is 5.69 Å². The van der Waals surface area contributed by atoms with Crippen LogP contribution in [0.1, 0.15) is 27.0 Å². The van der Waals surface area contributed by atoms with Gasteiger partial charge in [-0.25, -0.2) is 4.79 Å². The summed E-state index contributed by atoms with van der Waals surface area (Å²) in [6, 6.07) is 13.2. The molecule has 2 aromatic rings. The van der Waals surface area contributed by atoms with Crippen molar-refractivity contribution in [3.63, 3.8) is 0 Å². The van der Waals surface area contributed by atoms with E-state index in [-0.39, 0.29) is 5.91 Å². The van der Waals surface area contributed by atoms with Crippen LogP contribution >= 0.6 is 11.8 Å². The van der Waals surface area contributed by atoms with Crippen LogP contribution in [0.3, 0.4) is 0 Å². The summed E-state index contributed by atoms with van der Waals surface area (Å²) < 4.78 is 4.72. The van der Waals surface area contributed by atoms with E-state index >= 15 is 0 Å². The number of carbonyl (C=O) groups is 2. The second-order valence-corrected chi connectivity index (χ2v) is 6.56. The number of carbonyl (C=O) groups excluding carboxylic acids is 2. The van der Waals surface area contributed by atoms with Crippen molar-refractivity contribution in [3.8, 4) is 0 Å². The molecule has 0 unspecified atom stereocenters. The van der Waals surface area contributed by atoms with E-state index in [0.29, 0.717) is 17.0 Å². The van der Waals surface area contributed by atoms with E-state index < -0.39 is 5.97 Å². The zero-order valence-electron chi connectivity index (χ0n) is 14.1. The zero-order valence-corrected chi connectivity index (χ0v) is 14.9. The van der Waals surface area contributed by atoms with E-state index in [0.717, 1.165) is 5.75 Å². The Morgan fingerprint density at radius 3 is 2.42 bits per heavy atom. The fourth-order valence-electron chi connectivity index (χ4n) is 2.48. The average molecular weight is 343 g/mol. The number of thioether (sulfide) groups is 1. The van der Waals surface area contributed by atoms with Crippen LogP contribution in [-0.2, 0) is 15.3 Å². The van der Waals surface area contributed by atoms with Gasteiger partial charge in [0.05, 0.1) is 24.1 Å². The molecule has 0 heterocycles. The maximum Gasteiger partial charge on any atom is 0.339 e. The lowest BCUT2D eigenvalue weighted by Crippen LogP contribution is -2.17. The Balaban J connectivity index is 1.91. The molecule has 2 aromatic carbocycles. The molecule has 0 saturated carbocycles. The van der Waals surface area contributed by atoms with Crippen LogP contribution in [0.15, 0.2) is 42.5 Å². The molecule has 0 atom stereocenters. The number of methoxy groups -OCH3 is 1. The van der Waals surface area contributed by atoms with E-state index in [1.807, 2.05) is 0 Å². The highest BCUT2D eigenvalue weighted by molar-refractivity contribution is 7.99. The molecular formula is C19H21NO3S. The molecule has 4 nitrogen and oxygen atoms in total. The van der Waals surface area contributed by atoms with Crippen LogP contribution in [0.2, 0.25) is 0 Å². The molecule has 1 N–H and O–H groups in total. The van der Waals surface area contributed by atoms with Gasteiger partial charge < -0.3 is 10.1 Å². The number of hydrogen-bond donors (Lipinski definition) is 1. The molecule has 0 aliphatic carbocycles. The first-order valence-corrected chi connectivity index (χ1v) is 8.77. The average Bonchev–Trinajstić information content (AvgIpc) is 2.53. The van der Waals surface area contributed by atoms with E-state index in [1.165, 1.54) is 23.8 Å². The Labute approximate surface area is 146 Å². The number of para-hydroxylation sites is 1. The molecule has 0 aliphatic heterocycles. The summed E-state index contributed by atoms with van der Waals surface area (Å²) in [5.74, 6) is 0.492. The maximum absolute atomic E-state index is 12.1. The van der Waals surface area contributed by atoms with Crippen molar-refractivity contribution in [1.82, 2.24) is 0 Å². The lowest BCUT2D eigenvalue weighted by Gasteiger charge is -2.10. The van der Waals surface area contributed by atoms with E-state index in [4.69, 9.17) is 4.74 Å². The standard InChI is InChI=1S/C19H21NO3S/c1-13-8-14(2)10-15(9-13)11-24-12-18(21)20-17-7-5-4-6-16(17)19(22)23-3/h4-10H,11-12H2,1-3H3,(H,20,21). The molecule has 0 spiro atoms. The summed E-state index contributed by atoms with van der Waals surface area (Å²) in [6.07, 6.45) is 0. The number of hydrogen-bond acceptors (Lipinski definition) is 4. The minimum atomic E-state index is -0.464. The van der Waals surface area contributed by atoms with Gasteiger partial charge in [0.15, 0.2) is 0 Å². The Bertz CT molecular complexity index is 723. The molecule has 0 saturated heterocycles. The molecule has 2 rings (SSSR count). The Morgan fingerprint density at radius 1 is 1.08 bits per heavy atom. The van der Waals surface area contributed by atoms with E-state index in [1.54, 1.807) is 36.0 Å². The molecule has 0 radical (unpaired) electrons. The van der Waals surface area contributed by atoms with Gasteiger partial charge in [0.25, 0.3) is 0 Å². The van der Waals surface area contributed by atoms with Gasteiger partial charge in [0, 0.05) is 5.75 Å². The summed E-state index contributed by atoms with van der Waals surface area (Å²) in [4.78, 5) is 23.8. The first-order chi connectivity index (χ1) is 11.5. The third-order valence-electron chi connectivity index (χ3n) is 3.39. The van der Waals surface area contributed by atoms with Crippen molar-refractivity contribution in [2.45, 2.75) is 19.6 Å². The van der Waals surface area contributed by atoms with Crippen molar-refractivity contribution >= 4 is 29.3 Å². The lowest BCUT2D eigenvalue weighted by molar-refractivity contribution is -0.113. The number of anilines is 1. The van der Waals surface area contributed by atoms with Gasteiger partial charge in [0.1, 0.15) is 0 Å². The third kappa shape index (κ3) is 5.13. The van der Waals surface area contributed by atoms with Crippen molar-refractivity contribution in [2.24, 2.45) is 0 Å². The summed E-state index contributed by atoms with van der Waals surface area (Å²) in [5, 5.41) is 2.77. The minimum absolute atomic E-state index is 0.138. The highest BCUT2D eigenvalue weighted by Gasteiger charge is 2.13. The predicted molar refractivity (Wildman–Crippen MR) is 98.5 cm³/mol. The predicted octanol–water partition coefficient (Wildman–Crippen LogP) is 3.96. The van der Waals surface area contributed by atoms with Gasteiger partial charge in [-0.05, 0) is 31.5 Å². The van der Waals surface area contributed by atoms with Crippen molar-refractivity contribution in [2.75, 3.05) is 18.2 Å². The van der Waals surface area contributed by atoms with E-state index in [2.05, 4.69) is 37.4 Å². The van der Waals surface area contributed by atoms with Gasteiger partial charge in [-0.3, -0.25) is 4.79 Å². The molecule has 0 bridgehead atoms. The Hall–Kier alpha value is -2.27. The van der Waals surface area contributed by atoms with Crippen LogP contribution in [0, 0.1) is 13.8 Å². The van der Waals surface area contributed by atoms with Gasteiger partial charge in [-0.2, -0.15) is 0 Å². The van der Waals surface area contributed by atoms with Crippen LogP contribution in [-0.4, -0.2) is 24.7 Å². The fraction of sp³-hybridized carbons (Fsp3) is 0.263. The van der Waals surface area contributed by atoms with Crippen molar-refractivity contribution < 1.29 is 14.3 Å². The summed E-state index contributed by atoms with van der Waals surface area (Å²) in [6.45, 7) is 4.13. The number of amides is 1. The van der Waals surface area contributed by atoms with E-state index in [9.17, 15) is 9.59 Å². The fourth-order valence-corrected chi connectivity index (χ4v) is 3.24. The Morgan fingerprint density at radius 2 is 1.75 bits per heavy atom. The smallest absolute Gasteiger partial charge is 0.339 e. The molecule has 1 amide bonds. The Kier molecular flexibility index (Phi) is 6.44. The molecule has 0 fully saturated rings. The monoisotopic (exact) mass is 343 g/mol. The number of benzene rings is 2. The lowest BCUT2D eigenvalue weighted by atomic mass is 10.1. The van der Waals surface area contributed by atoms with Gasteiger partial charge >= 0.3 is 5.97 Å². The second kappa shape index (κ2) is 8.55. The number of nitrogens with one attached hydrogen (secondary N) is 1. The van der Waals surface area contributed by atoms with Crippen molar-refractivity contribution in [1.29, 1.82) is 0 Å². The SMILES string of the molecule is COC(=O)c1ccccc1NC(=O)CSCc1cc(C)cc(C)c1. The number of rotatable bonds is 6. The third-order valence-corrected chi connectivity index (χ3v) is 4.39. The van der Waals surface area contributed by atoms with Gasteiger partial charge in [0.2, 0.25) is 5.91 Å². The zero-order chi connectivity index (χ0) is 17.5. The molecule has 0 aliphatic rings. The number of ether oxygens (including phenoxy) is 1. The van der Waals surface area contributed by atoms with Crippen LogP contribution in [0.5, 0.6) is 0 Å². The molecule has 24 heavy (non-hydrogen) atoms. The summed E-state index contributed by atoms with van der Waals surface area (Å²) in [7, 11) is 1.32. The molecule has 126 valence electrons. The van der Waals surface area contributed by atoms with Crippen LogP contribution < -0.4 is 5.32 Å². The van der Waals surface area contributed by atoms with Crippen molar-refractivity contribution in [3.05, 3.63) is 64.7 Å². The topological polar surface area (TPSA) is 55.4 Å². The first kappa shape index (κ1) is 18.1. The molecule has 0 aromatic heterocycles. The molecule has 5 heteroatoms. The second-order valence-electron chi connectivity index (χ2n) is 5.57. The molecular weight excluding hydrogens is 322 g/mol. The largest absolute Gasteiger partial charge is 0.465 e. The normalized spacial score (nSPS) is 10.3. The minimum Gasteiger partial charge on any atom is -0.465 e. The van der Waals surface area contributed by atoms with Gasteiger partial charge in [-0.15, -0.1) is 11.8 Å². The first-order valence-electron chi connectivity index (χ1n) is 7.61. The summed E-state index contributed by atoms with van der Waals surface area (Å²) in [5.41, 5.74) is 4.48. The number of esters is 1. The van der Waals surface area contributed by atoms with Crippen LogP contribution in [0.25, 0.3) is 0 Å². The van der Waals surface area contributed by atoms with Gasteiger partial charge in [-0.1, -0.05) is 41.5 Å².